The van der Waals surface area contributed by atoms with E-state index in [1.54, 1.807) is 146 Å². The molecule has 0 fully saturated rings. The first-order valence-electron chi connectivity index (χ1n) is 36.4. The normalized spacial score (nSPS) is 12.7. The standard InChI is InChI=1S/C44H14Br8Cl8N4.C44H12Br8Cl8N4.5ClH.2Ru/c2*45-29-31(47)39-26(22-15(55)7-2-8-16(22)56)41-33(49)35(51)43(63-41)28(24-19(59)11-4-12-20(24)60)44-36(52)34(50)42(64-44)27(23-17(57)9-3-10-18(23)58)40-32(48)30(46)38(62-40)25(37(29)61-39)21-13(53)5-1-6-14(21)54;;;;;;;/h1-12,61,64H;1-12H;5*1H;;/q;-2;;;;;;+3;+4/p-5. The van der Waals surface area contributed by atoms with E-state index >= 15 is 0 Å². The molecule has 8 aromatic carbocycles. The molecule has 16 bridgehead atoms. The number of rotatable bonds is 8. The molecule has 4 aliphatic heterocycles. The Morgan fingerprint density at radius 3 is 0.437 bits per heavy atom. The molecule has 135 heavy (non-hydrogen) atoms. The average Bonchev–Trinajstić information content (AvgIpc) is 1.57. The number of hydrogen-bond donors (Lipinski definition) is 2. The summed E-state index contributed by atoms with van der Waals surface area (Å²) in [7, 11) is 24.6. The molecule has 14 aromatic rings. The number of fused-ring (bicyclic) bond motifs is 16. The second-order valence-corrected chi connectivity index (χ2v) is 57.4. The number of benzene rings is 8. The molecule has 2 N–H and O–H groups in total. The van der Waals surface area contributed by atoms with Crippen LogP contribution < -0.4 is 9.97 Å². The van der Waals surface area contributed by atoms with E-state index in [0.29, 0.717) is 331 Å². The van der Waals surface area contributed by atoms with Crippen LogP contribution in [0.1, 0.15) is 45.6 Å². The van der Waals surface area contributed by atoms with Gasteiger partial charge in [0.25, 0.3) is 0 Å². The molecule has 47 heteroatoms. The third-order valence-corrected chi connectivity index (χ3v) is 42.0. The van der Waals surface area contributed by atoms with Crippen LogP contribution in [-0.4, -0.2) is 29.9 Å². The molecule has 0 amide bonds. The number of aromatic nitrogens is 8. The van der Waals surface area contributed by atoms with Crippen molar-refractivity contribution in [1.82, 2.24) is 39.9 Å². The first-order valence-corrected chi connectivity index (χ1v) is 66.3. The van der Waals surface area contributed by atoms with E-state index in [-0.39, 0.29) is 15.1 Å². The number of H-pyrrole nitrogens is 2. The first kappa shape index (κ1) is 111. The third-order valence-electron chi connectivity index (χ3n) is 20.3. The van der Waals surface area contributed by atoms with Crippen molar-refractivity contribution in [1.29, 1.82) is 0 Å². The van der Waals surface area contributed by atoms with E-state index in [0.717, 1.165) is 0 Å². The summed E-state index contributed by atoms with van der Waals surface area (Å²) in [5, 5.41) is 5.51. The summed E-state index contributed by atoms with van der Waals surface area (Å²) in [6.07, 6.45) is 0. The Kier molecular flexibility index (Phi) is 38.6. The molecule has 693 valence electrons. The fourth-order valence-corrected chi connectivity index (χ4v) is 27.2. The topological polar surface area (TPSA) is 111 Å². The minimum atomic E-state index is -1.75. The van der Waals surface area contributed by atoms with Gasteiger partial charge in [0.2, 0.25) is 0 Å². The Hall–Kier alpha value is 1.98. The van der Waals surface area contributed by atoms with Crippen molar-refractivity contribution in [2.24, 2.45) is 0 Å². The number of nitrogens with zero attached hydrogens (tertiary/aromatic N) is 6. The molecule has 0 radical (unpaired) electrons. The summed E-state index contributed by atoms with van der Waals surface area (Å²) < 4.78 is 8.75. The third kappa shape index (κ3) is 21.4. The molecule has 18 rings (SSSR count). The monoisotopic (exact) mass is 3400 g/mol. The zero-order valence-electron chi connectivity index (χ0n) is 64.2. The van der Waals surface area contributed by atoms with E-state index < -0.39 is 13.0 Å². The molecule has 0 atom stereocenters. The number of hydrogen-bond acceptors (Lipinski definition) is 4. The summed E-state index contributed by atoms with van der Waals surface area (Å²) in [6, 6.07) is 42.1. The van der Waals surface area contributed by atoms with Crippen molar-refractivity contribution < 1.29 is 28.1 Å². The van der Waals surface area contributed by atoms with Crippen molar-refractivity contribution in [3.8, 4) is 89.0 Å². The molecule has 6 aromatic heterocycles. The zero-order chi connectivity index (χ0) is 97.9. The van der Waals surface area contributed by atoms with Gasteiger partial charge in [-0.05, 0) is 310 Å². The molecular weight excluding hydrogens is 3390 g/mol. The van der Waals surface area contributed by atoms with E-state index in [9.17, 15) is 0 Å². The van der Waals surface area contributed by atoms with Crippen molar-refractivity contribution in [3.63, 3.8) is 0 Å². The second kappa shape index (κ2) is 46.8. The van der Waals surface area contributed by atoms with Gasteiger partial charge in [-0.2, -0.15) is 0 Å². The van der Waals surface area contributed by atoms with Crippen molar-refractivity contribution in [2.75, 3.05) is 0 Å². The van der Waals surface area contributed by atoms with Gasteiger partial charge < -0.3 is 19.9 Å². The van der Waals surface area contributed by atoms with E-state index in [4.69, 9.17) is 264 Å². The van der Waals surface area contributed by atoms with Gasteiger partial charge in [0.05, 0.1) is 162 Å². The van der Waals surface area contributed by atoms with E-state index in [2.05, 4.69) is 265 Å². The molecule has 0 unspecified atom stereocenters. The van der Waals surface area contributed by atoms with Crippen LogP contribution >= 0.6 is 489 Å². The zero-order valence-corrected chi connectivity index (χ0v) is 109. The maximum absolute atomic E-state index is 7.13. The Balaban J connectivity index is 0.000000192. The first-order chi connectivity index (χ1) is 64.0. The second-order valence-electron chi connectivity index (χ2n) is 27.6. The molecule has 10 heterocycles. The van der Waals surface area contributed by atoms with Gasteiger partial charge in [0, 0.05) is 125 Å². The van der Waals surface area contributed by atoms with Crippen molar-refractivity contribution in [3.05, 3.63) is 307 Å². The van der Waals surface area contributed by atoms with Gasteiger partial charge in [-0.1, -0.05) is 298 Å². The summed E-state index contributed by atoms with van der Waals surface area (Å²) >= 11 is 174. The van der Waals surface area contributed by atoms with Crippen LogP contribution in [0.5, 0.6) is 0 Å². The van der Waals surface area contributed by atoms with Gasteiger partial charge in [0.1, 0.15) is 0 Å². The van der Waals surface area contributed by atoms with Gasteiger partial charge in [-0.3, -0.25) is 0 Å². The van der Waals surface area contributed by atoms with Crippen LogP contribution in [0.25, 0.3) is 169 Å². The van der Waals surface area contributed by atoms with Gasteiger partial charge >= 0.3 is 76.6 Å². The van der Waals surface area contributed by atoms with Gasteiger partial charge in [-0.15, -0.1) is 22.1 Å². The molecule has 0 aliphatic carbocycles. The van der Waals surface area contributed by atoms with Crippen LogP contribution in [0.4, 0.5) is 0 Å². The number of nitrogens with one attached hydrogen (secondary N) is 2. The van der Waals surface area contributed by atoms with Crippen LogP contribution in [0.2, 0.25) is 80.4 Å². The summed E-state index contributed by atoms with van der Waals surface area (Å²) in [4.78, 5) is 39.9. The molecule has 0 saturated heterocycles. The summed E-state index contributed by atoms with van der Waals surface area (Å²) in [5.74, 6) is 0. The molecule has 8 nitrogen and oxygen atoms in total. The molecule has 4 aliphatic rings. The average molecular weight is 3420 g/mol. The summed E-state index contributed by atoms with van der Waals surface area (Å²) in [5.41, 5.74) is 14.7. The van der Waals surface area contributed by atoms with Gasteiger partial charge in [-0.25, -0.2) is 19.9 Å². The van der Waals surface area contributed by atoms with Crippen LogP contribution in [0, 0.1) is 0 Å². The van der Waals surface area contributed by atoms with Gasteiger partial charge in [0.15, 0.2) is 0 Å². The van der Waals surface area contributed by atoms with Crippen LogP contribution in [0.15, 0.2) is 181 Å². The quantitative estimate of drug-likeness (QED) is 0.147. The molecular formula is C88H26Br16Cl21N8Ru2. The number of aromatic amines is 2. The Morgan fingerprint density at radius 1 is 0.200 bits per heavy atom. The summed E-state index contributed by atoms with van der Waals surface area (Å²) in [6.45, 7) is 0. The van der Waals surface area contributed by atoms with Crippen molar-refractivity contribution >= 4 is 569 Å². The van der Waals surface area contributed by atoms with Crippen LogP contribution in [0.3, 0.4) is 0 Å². The van der Waals surface area contributed by atoms with Crippen LogP contribution in [-0.2, 0) is 28.1 Å². The van der Waals surface area contributed by atoms with E-state index in [1.165, 1.54) is 0 Å². The fourth-order valence-electron chi connectivity index (χ4n) is 14.8. The maximum atomic E-state index is 7.13. The Labute approximate surface area is 1020 Å². The predicted molar refractivity (Wildman–Crippen MR) is 633 cm³/mol. The predicted octanol–water partition coefficient (Wildman–Crippen LogP) is 47.7. The Bertz CT molecular complexity index is 6500. The van der Waals surface area contributed by atoms with E-state index in [1.807, 2.05) is 0 Å². The molecule has 0 saturated carbocycles. The minimum absolute atomic E-state index is 0.332. The van der Waals surface area contributed by atoms with Crippen molar-refractivity contribution in [2.45, 2.75) is 0 Å². The SMILES string of the molecule is Clc1cccc(Cl)c1-c1c2nc(c(-c3c(Cl)cccc3Cl)c3[n-]c(c(Br)c3Br)c(-c3c(Cl)cccc3Cl)c3nc(c(-c4c(Cl)cccc4Cl)c4[n-]c1c(Br)c4Br)C(Br)=C3Br)C(Br)=C2Br.Clc1cccc(Cl)c1-c1c2nc(c(-c3c(Cl)cccc3Cl)c3[nH]c(c(Br)c3Br)c(-c3c(Cl)cccc3Cl)c3nc(c(-c4c(Cl)cccc4Cl)c4[nH]c1c(Br)c4Br)C(Br)=C3Br)C(Br)=C2Br.[Cl][Ru+2][Cl].[Cl][Ru]([Cl])[Cl]. The number of halogens is 37. The fraction of sp³-hybridized carbons (Fsp3) is 0. The molecule has 0 spiro atoms. The Morgan fingerprint density at radius 2 is 0.311 bits per heavy atom.